The zero-order chi connectivity index (χ0) is 22.1. The van der Waals surface area contributed by atoms with E-state index in [1.807, 2.05) is 25.7 Å². The highest BCUT2D eigenvalue weighted by molar-refractivity contribution is 5.89. The third-order valence-electron chi connectivity index (χ3n) is 5.17. The van der Waals surface area contributed by atoms with Crippen molar-refractivity contribution in [3.05, 3.63) is 53.3 Å². The first-order valence-electron chi connectivity index (χ1n) is 9.48. The van der Waals surface area contributed by atoms with Gasteiger partial charge in [0.15, 0.2) is 0 Å². The Morgan fingerprint density at radius 2 is 1.93 bits per heavy atom. The first-order valence-corrected chi connectivity index (χ1v) is 9.48. The van der Waals surface area contributed by atoms with Crippen molar-refractivity contribution in [1.82, 2.24) is 9.88 Å². The lowest BCUT2D eigenvalue weighted by molar-refractivity contribution is -0.137. The summed E-state index contributed by atoms with van der Waals surface area (Å²) in [6, 6.07) is 8.15. The maximum atomic E-state index is 13.3. The highest BCUT2D eigenvalue weighted by atomic mass is 19.4. The number of anilines is 2. The number of piperazine rings is 1. The molecule has 0 spiro atoms. The number of aromatic nitrogens is 1. The SMILES string of the molecule is Cc1ccc(NC(=O)N2C[C@H](C)N(c3ccc(C#N)c(C(F)(F)F)c3)C[C@H]2C)cn1. The fraction of sp³-hybridized carbons (Fsp3) is 0.381. The van der Waals surface area contributed by atoms with Crippen molar-refractivity contribution in [1.29, 1.82) is 5.26 Å². The highest BCUT2D eigenvalue weighted by Gasteiger charge is 2.36. The van der Waals surface area contributed by atoms with E-state index in [9.17, 15) is 18.0 Å². The van der Waals surface area contributed by atoms with Crippen LogP contribution in [-0.4, -0.2) is 41.1 Å². The minimum absolute atomic E-state index is 0.211. The van der Waals surface area contributed by atoms with Gasteiger partial charge in [-0.3, -0.25) is 4.98 Å². The molecule has 1 aliphatic heterocycles. The zero-order valence-corrected chi connectivity index (χ0v) is 16.9. The molecule has 0 unspecified atom stereocenters. The molecule has 1 aliphatic rings. The summed E-state index contributed by atoms with van der Waals surface area (Å²) < 4.78 is 40.0. The number of nitrogens with one attached hydrogen (secondary N) is 1. The van der Waals surface area contributed by atoms with Gasteiger partial charge in [0, 0.05) is 36.6 Å². The van der Waals surface area contributed by atoms with Crippen LogP contribution in [0.4, 0.5) is 29.3 Å². The van der Waals surface area contributed by atoms with E-state index in [0.717, 1.165) is 11.8 Å². The number of aryl methyl sites for hydroxylation is 1. The molecule has 0 radical (unpaired) electrons. The molecule has 3 rings (SSSR count). The van der Waals surface area contributed by atoms with Crippen molar-refractivity contribution in [2.45, 2.75) is 39.0 Å². The molecular formula is C21H22F3N5O. The van der Waals surface area contributed by atoms with Crippen LogP contribution < -0.4 is 10.2 Å². The van der Waals surface area contributed by atoms with E-state index in [4.69, 9.17) is 5.26 Å². The van der Waals surface area contributed by atoms with E-state index in [2.05, 4.69) is 10.3 Å². The summed E-state index contributed by atoms with van der Waals surface area (Å²) in [5.41, 5.74) is 0.438. The van der Waals surface area contributed by atoms with Gasteiger partial charge in [0.2, 0.25) is 0 Å². The van der Waals surface area contributed by atoms with Gasteiger partial charge in [0.05, 0.1) is 29.1 Å². The molecule has 158 valence electrons. The third-order valence-corrected chi connectivity index (χ3v) is 5.17. The molecule has 2 amide bonds. The van der Waals surface area contributed by atoms with Crippen LogP contribution in [0.2, 0.25) is 0 Å². The molecule has 30 heavy (non-hydrogen) atoms. The molecule has 1 aromatic carbocycles. The lowest BCUT2D eigenvalue weighted by atomic mass is 10.0. The number of carbonyl (C=O) groups excluding carboxylic acids is 1. The molecule has 1 fully saturated rings. The quantitative estimate of drug-likeness (QED) is 0.786. The van der Waals surface area contributed by atoms with Crippen LogP contribution in [0, 0.1) is 18.3 Å². The fourth-order valence-electron chi connectivity index (χ4n) is 3.55. The molecule has 2 heterocycles. The lowest BCUT2D eigenvalue weighted by Gasteiger charge is -2.45. The largest absolute Gasteiger partial charge is 0.417 e. The normalized spacial score (nSPS) is 19.4. The van der Waals surface area contributed by atoms with E-state index in [0.29, 0.717) is 24.5 Å². The number of halogens is 3. The number of alkyl halides is 3. The van der Waals surface area contributed by atoms with Crippen LogP contribution in [0.5, 0.6) is 0 Å². The van der Waals surface area contributed by atoms with Crippen LogP contribution in [0.3, 0.4) is 0 Å². The van der Waals surface area contributed by atoms with E-state index >= 15 is 0 Å². The second kappa shape index (κ2) is 8.22. The molecule has 1 N–H and O–H groups in total. The number of hydrogen-bond acceptors (Lipinski definition) is 4. The number of urea groups is 1. The van der Waals surface area contributed by atoms with Crippen LogP contribution in [-0.2, 0) is 6.18 Å². The van der Waals surface area contributed by atoms with E-state index in [-0.39, 0.29) is 18.1 Å². The molecular weight excluding hydrogens is 395 g/mol. The molecule has 2 atom stereocenters. The molecule has 1 aromatic heterocycles. The Balaban J connectivity index is 1.77. The summed E-state index contributed by atoms with van der Waals surface area (Å²) in [6.45, 7) is 6.25. The Kier molecular flexibility index (Phi) is 5.87. The van der Waals surface area contributed by atoms with Crippen LogP contribution in [0.25, 0.3) is 0 Å². The summed E-state index contributed by atoms with van der Waals surface area (Å²) in [5.74, 6) is 0. The van der Waals surface area contributed by atoms with Gasteiger partial charge in [0.1, 0.15) is 0 Å². The van der Waals surface area contributed by atoms with Gasteiger partial charge in [-0.1, -0.05) is 0 Å². The van der Waals surface area contributed by atoms with Crippen molar-refractivity contribution in [3.8, 4) is 6.07 Å². The Morgan fingerprint density at radius 1 is 1.20 bits per heavy atom. The number of nitrogens with zero attached hydrogens (tertiary/aromatic N) is 4. The maximum Gasteiger partial charge on any atom is 0.417 e. The molecule has 9 heteroatoms. The second-order valence-electron chi connectivity index (χ2n) is 7.46. The third kappa shape index (κ3) is 4.48. The van der Waals surface area contributed by atoms with Gasteiger partial charge in [-0.25, -0.2) is 4.79 Å². The smallest absolute Gasteiger partial charge is 0.365 e. The number of carbonyl (C=O) groups is 1. The number of hydrogen-bond donors (Lipinski definition) is 1. The summed E-state index contributed by atoms with van der Waals surface area (Å²) in [7, 11) is 0. The molecule has 0 bridgehead atoms. The average molecular weight is 417 g/mol. The zero-order valence-electron chi connectivity index (χ0n) is 16.9. The predicted octanol–water partition coefficient (Wildman–Crippen LogP) is 4.41. The van der Waals surface area contributed by atoms with Gasteiger partial charge in [-0.15, -0.1) is 0 Å². The highest BCUT2D eigenvalue weighted by Crippen LogP contribution is 2.35. The van der Waals surface area contributed by atoms with E-state index in [1.165, 1.54) is 12.1 Å². The molecule has 0 aliphatic carbocycles. The summed E-state index contributed by atoms with van der Waals surface area (Å²) in [5, 5.41) is 11.8. The number of rotatable bonds is 2. The Morgan fingerprint density at radius 3 is 2.53 bits per heavy atom. The molecule has 0 saturated carbocycles. The van der Waals surface area contributed by atoms with Gasteiger partial charge >= 0.3 is 12.2 Å². The van der Waals surface area contributed by atoms with Gasteiger partial charge < -0.3 is 15.1 Å². The van der Waals surface area contributed by atoms with Crippen molar-refractivity contribution < 1.29 is 18.0 Å². The van der Waals surface area contributed by atoms with Gasteiger partial charge in [0.25, 0.3) is 0 Å². The summed E-state index contributed by atoms with van der Waals surface area (Å²) >= 11 is 0. The van der Waals surface area contributed by atoms with Crippen molar-refractivity contribution in [3.63, 3.8) is 0 Å². The first-order chi connectivity index (χ1) is 14.1. The fourth-order valence-corrected chi connectivity index (χ4v) is 3.55. The van der Waals surface area contributed by atoms with Crippen LogP contribution in [0.1, 0.15) is 30.7 Å². The van der Waals surface area contributed by atoms with E-state index in [1.54, 1.807) is 29.3 Å². The summed E-state index contributed by atoms with van der Waals surface area (Å²) in [6.07, 6.45) is -3.04. The van der Waals surface area contributed by atoms with Gasteiger partial charge in [-0.2, -0.15) is 18.4 Å². The topological polar surface area (TPSA) is 72.3 Å². The Bertz CT molecular complexity index is 968. The standard InChI is InChI=1S/C21H22F3N5O/c1-13-4-6-17(10-26-13)27-20(30)29-12-14(2)28(11-15(29)3)18-7-5-16(9-25)19(8-18)21(22,23)24/h4-8,10,14-15H,11-12H2,1-3H3,(H,27,30)/t14-,15+/m0/s1. The predicted molar refractivity (Wildman–Crippen MR) is 107 cm³/mol. The Hall–Kier alpha value is -3.28. The van der Waals surface area contributed by atoms with E-state index < -0.39 is 17.3 Å². The monoisotopic (exact) mass is 417 g/mol. The number of nitriles is 1. The molecule has 6 nitrogen and oxygen atoms in total. The lowest BCUT2D eigenvalue weighted by Crippen LogP contribution is -2.59. The van der Waals surface area contributed by atoms with Crippen LogP contribution >= 0.6 is 0 Å². The first kappa shape index (κ1) is 21.4. The Labute approximate surface area is 172 Å². The molecule has 2 aromatic rings. The summed E-state index contributed by atoms with van der Waals surface area (Å²) in [4.78, 5) is 20.3. The average Bonchev–Trinajstić information content (AvgIpc) is 2.70. The van der Waals surface area contributed by atoms with Crippen molar-refractivity contribution in [2.75, 3.05) is 23.3 Å². The second-order valence-corrected chi connectivity index (χ2v) is 7.46. The number of amides is 2. The van der Waals surface area contributed by atoms with Crippen molar-refractivity contribution >= 4 is 17.4 Å². The maximum absolute atomic E-state index is 13.3. The van der Waals surface area contributed by atoms with Crippen molar-refractivity contribution in [2.24, 2.45) is 0 Å². The minimum atomic E-state index is -4.61. The number of benzene rings is 1. The minimum Gasteiger partial charge on any atom is -0.365 e. The number of pyridine rings is 1. The molecule has 1 saturated heterocycles. The van der Waals surface area contributed by atoms with Gasteiger partial charge in [-0.05, 0) is 51.1 Å². The van der Waals surface area contributed by atoms with Crippen LogP contribution in [0.15, 0.2) is 36.5 Å².